The second-order valence-corrected chi connectivity index (χ2v) is 6.27. The van der Waals surface area contributed by atoms with Crippen LogP contribution < -0.4 is 0 Å². The lowest BCUT2D eigenvalue weighted by Gasteiger charge is -2.18. The molecule has 1 aromatic heterocycles. The summed E-state index contributed by atoms with van der Waals surface area (Å²) in [7, 11) is 1.79. The molecule has 4 nitrogen and oxygen atoms in total. The SMILES string of the molecule is Cc1ccccc1CN(C)C(=O)CCc1ncc(-c2ccccc2F)o1. The molecule has 2 aromatic carbocycles. The normalized spacial score (nSPS) is 10.7. The molecule has 1 heterocycles. The van der Waals surface area contributed by atoms with Crippen molar-refractivity contribution < 1.29 is 13.6 Å². The smallest absolute Gasteiger partial charge is 0.223 e. The van der Waals surface area contributed by atoms with Crippen molar-refractivity contribution in [1.29, 1.82) is 0 Å². The number of carbonyl (C=O) groups excluding carboxylic acids is 1. The van der Waals surface area contributed by atoms with E-state index in [0.29, 0.717) is 36.6 Å². The second-order valence-electron chi connectivity index (χ2n) is 6.27. The maximum atomic E-state index is 13.8. The Morgan fingerprint density at radius 2 is 1.88 bits per heavy atom. The number of halogens is 1. The minimum absolute atomic E-state index is 0.0129. The zero-order valence-corrected chi connectivity index (χ0v) is 14.9. The van der Waals surface area contributed by atoms with E-state index in [1.165, 1.54) is 12.3 Å². The van der Waals surface area contributed by atoms with Crippen LogP contribution in [0.3, 0.4) is 0 Å². The molecule has 0 aliphatic rings. The average Bonchev–Trinajstić information content (AvgIpc) is 3.10. The third kappa shape index (κ3) is 4.17. The highest BCUT2D eigenvalue weighted by Crippen LogP contribution is 2.23. The van der Waals surface area contributed by atoms with E-state index in [9.17, 15) is 9.18 Å². The van der Waals surface area contributed by atoms with Crippen LogP contribution in [-0.2, 0) is 17.8 Å². The molecule has 0 aliphatic heterocycles. The zero-order valence-electron chi connectivity index (χ0n) is 14.9. The Hall–Kier alpha value is -2.95. The summed E-state index contributed by atoms with van der Waals surface area (Å²) >= 11 is 0. The Morgan fingerprint density at radius 1 is 1.15 bits per heavy atom. The molecule has 0 atom stereocenters. The van der Waals surface area contributed by atoms with E-state index < -0.39 is 0 Å². The summed E-state index contributed by atoms with van der Waals surface area (Å²) in [5.74, 6) is 0.461. The number of hydrogen-bond acceptors (Lipinski definition) is 3. The second kappa shape index (κ2) is 7.95. The topological polar surface area (TPSA) is 46.3 Å². The monoisotopic (exact) mass is 352 g/mol. The molecule has 0 unspecified atom stereocenters. The highest BCUT2D eigenvalue weighted by molar-refractivity contribution is 5.76. The molecule has 0 spiro atoms. The maximum Gasteiger partial charge on any atom is 0.223 e. The molecule has 3 rings (SSSR count). The van der Waals surface area contributed by atoms with Crippen LogP contribution in [0, 0.1) is 12.7 Å². The van der Waals surface area contributed by atoms with Crippen LogP contribution in [0.1, 0.15) is 23.4 Å². The Bertz CT molecular complexity index is 904. The number of rotatable bonds is 6. The van der Waals surface area contributed by atoms with E-state index in [0.717, 1.165) is 11.1 Å². The van der Waals surface area contributed by atoms with E-state index in [-0.39, 0.29) is 11.7 Å². The van der Waals surface area contributed by atoms with Gasteiger partial charge in [0.2, 0.25) is 5.91 Å². The number of hydrogen-bond donors (Lipinski definition) is 0. The largest absolute Gasteiger partial charge is 0.441 e. The van der Waals surface area contributed by atoms with Gasteiger partial charge in [-0.05, 0) is 30.2 Å². The van der Waals surface area contributed by atoms with Gasteiger partial charge in [-0.3, -0.25) is 4.79 Å². The molecule has 26 heavy (non-hydrogen) atoms. The van der Waals surface area contributed by atoms with Crippen molar-refractivity contribution in [2.75, 3.05) is 7.05 Å². The molecule has 0 saturated heterocycles. The van der Waals surface area contributed by atoms with Crippen LogP contribution in [0.5, 0.6) is 0 Å². The average molecular weight is 352 g/mol. The van der Waals surface area contributed by atoms with Gasteiger partial charge in [0, 0.05) is 26.4 Å². The molecule has 0 aliphatic carbocycles. The number of carbonyl (C=O) groups is 1. The standard InChI is InChI=1S/C21H21FN2O2/c1-15-7-3-4-8-16(15)14-24(2)21(25)12-11-20-23-13-19(26-20)17-9-5-6-10-18(17)22/h3-10,13H,11-12,14H2,1-2H3. The van der Waals surface area contributed by atoms with Crippen LogP contribution in [0.15, 0.2) is 59.1 Å². The molecule has 0 N–H and O–H groups in total. The van der Waals surface area contributed by atoms with Crippen LogP contribution in [-0.4, -0.2) is 22.8 Å². The van der Waals surface area contributed by atoms with Crippen molar-refractivity contribution in [2.45, 2.75) is 26.3 Å². The first-order chi connectivity index (χ1) is 12.5. The number of benzene rings is 2. The molecule has 0 radical (unpaired) electrons. The lowest BCUT2D eigenvalue weighted by Crippen LogP contribution is -2.26. The summed E-state index contributed by atoms with van der Waals surface area (Å²) in [6, 6.07) is 14.4. The predicted octanol–water partition coefficient (Wildman–Crippen LogP) is 4.38. The summed E-state index contributed by atoms with van der Waals surface area (Å²) in [5.41, 5.74) is 2.66. The number of aryl methyl sites for hydroxylation is 2. The van der Waals surface area contributed by atoms with E-state index in [1.807, 2.05) is 31.2 Å². The molecular formula is C21H21FN2O2. The van der Waals surface area contributed by atoms with Crippen molar-refractivity contribution in [2.24, 2.45) is 0 Å². The van der Waals surface area contributed by atoms with Crippen molar-refractivity contribution in [3.8, 4) is 11.3 Å². The molecule has 0 fully saturated rings. The fraction of sp³-hybridized carbons (Fsp3) is 0.238. The summed E-state index contributed by atoms with van der Waals surface area (Å²) in [6.45, 7) is 2.60. The zero-order chi connectivity index (χ0) is 18.5. The van der Waals surface area contributed by atoms with Crippen molar-refractivity contribution in [3.05, 3.63) is 77.6 Å². The van der Waals surface area contributed by atoms with Crippen LogP contribution >= 0.6 is 0 Å². The summed E-state index contributed by atoms with van der Waals surface area (Å²) in [5, 5.41) is 0. The van der Waals surface area contributed by atoms with E-state index in [4.69, 9.17) is 4.42 Å². The van der Waals surface area contributed by atoms with Crippen LogP contribution in [0.2, 0.25) is 0 Å². The maximum absolute atomic E-state index is 13.8. The number of nitrogens with zero attached hydrogens (tertiary/aromatic N) is 2. The van der Waals surface area contributed by atoms with Gasteiger partial charge in [0.15, 0.2) is 11.7 Å². The third-order valence-electron chi connectivity index (χ3n) is 4.34. The summed E-state index contributed by atoms with van der Waals surface area (Å²) in [4.78, 5) is 18.2. The highest BCUT2D eigenvalue weighted by atomic mass is 19.1. The molecule has 3 aromatic rings. The van der Waals surface area contributed by atoms with Crippen molar-refractivity contribution in [1.82, 2.24) is 9.88 Å². The highest BCUT2D eigenvalue weighted by Gasteiger charge is 2.14. The summed E-state index contributed by atoms with van der Waals surface area (Å²) < 4.78 is 19.4. The summed E-state index contributed by atoms with van der Waals surface area (Å²) in [6.07, 6.45) is 2.17. The minimum Gasteiger partial charge on any atom is -0.441 e. The number of aromatic nitrogens is 1. The van der Waals surface area contributed by atoms with Crippen LogP contribution in [0.25, 0.3) is 11.3 Å². The third-order valence-corrected chi connectivity index (χ3v) is 4.34. The lowest BCUT2D eigenvalue weighted by molar-refractivity contribution is -0.130. The number of oxazole rings is 1. The Morgan fingerprint density at radius 3 is 2.65 bits per heavy atom. The van der Waals surface area contributed by atoms with Gasteiger partial charge in [0.25, 0.3) is 0 Å². The molecule has 1 amide bonds. The Kier molecular flexibility index (Phi) is 5.46. The minimum atomic E-state index is -0.357. The molecular weight excluding hydrogens is 331 g/mol. The number of amides is 1. The first kappa shape index (κ1) is 17.9. The Labute approximate surface area is 152 Å². The van der Waals surface area contributed by atoms with Gasteiger partial charge >= 0.3 is 0 Å². The van der Waals surface area contributed by atoms with Gasteiger partial charge in [-0.2, -0.15) is 0 Å². The first-order valence-electron chi connectivity index (χ1n) is 8.52. The Balaban J connectivity index is 1.58. The molecule has 5 heteroatoms. The van der Waals surface area contributed by atoms with E-state index in [1.54, 1.807) is 30.1 Å². The lowest BCUT2D eigenvalue weighted by atomic mass is 10.1. The fourth-order valence-electron chi connectivity index (χ4n) is 2.75. The van der Waals surface area contributed by atoms with E-state index >= 15 is 0 Å². The molecule has 0 bridgehead atoms. The van der Waals surface area contributed by atoms with Gasteiger partial charge in [0.1, 0.15) is 5.82 Å². The van der Waals surface area contributed by atoms with Gasteiger partial charge in [-0.1, -0.05) is 36.4 Å². The van der Waals surface area contributed by atoms with Crippen molar-refractivity contribution >= 4 is 5.91 Å². The fourth-order valence-corrected chi connectivity index (χ4v) is 2.75. The van der Waals surface area contributed by atoms with Gasteiger partial charge < -0.3 is 9.32 Å². The van der Waals surface area contributed by atoms with Gasteiger partial charge in [0.05, 0.1) is 11.8 Å². The van der Waals surface area contributed by atoms with E-state index in [2.05, 4.69) is 4.98 Å². The first-order valence-corrected chi connectivity index (χ1v) is 8.52. The van der Waals surface area contributed by atoms with Gasteiger partial charge in [-0.15, -0.1) is 0 Å². The molecule has 134 valence electrons. The predicted molar refractivity (Wildman–Crippen MR) is 97.9 cm³/mol. The van der Waals surface area contributed by atoms with Crippen molar-refractivity contribution in [3.63, 3.8) is 0 Å². The van der Waals surface area contributed by atoms with Gasteiger partial charge in [-0.25, -0.2) is 9.37 Å². The van der Waals surface area contributed by atoms with Crippen LogP contribution in [0.4, 0.5) is 4.39 Å². The quantitative estimate of drug-likeness (QED) is 0.661. The molecule has 0 saturated carbocycles.